The number of nitrogens with zero attached hydrogens (tertiary/aromatic N) is 2. The topological polar surface area (TPSA) is 99.2 Å². The molecule has 2 N–H and O–H groups in total. The molecule has 8 heteroatoms. The average Bonchev–Trinajstić information content (AvgIpc) is 2.35. The van der Waals surface area contributed by atoms with Crippen LogP contribution in [0.3, 0.4) is 0 Å². The zero-order valence-electron chi connectivity index (χ0n) is 9.01. The van der Waals surface area contributed by atoms with Gasteiger partial charge < -0.3 is 10.4 Å². The molecule has 1 atom stereocenters. The first-order chi connectivity index (χ1) is 8.45. The lowest BCUT2D eigenvalue weighted by molar-refractivity contribution is -0.384. The Bertz CT molecular complexity index is 488. The number of nitrogens with one attached hydrogen (secondary N) is 1. The van der Waals surface area contributed by atoms with E-state index in [9.17, 15) is 18.9 Å². The quantitative estimate of drug-likeness (QED) is 0.615. The van der Waals surface area contributed by atoms with E-state index in [1.54, 1.807) is 6.07 Å². The number of rotatable bonds is 5. The van der Waals surface area contributed by atoms with Gasteiger partial charge in [-0.1, -0.05) is 0 Å². The van der Waals surface area contributed by atoms with Gasteiger partial charge in [-0.15, -0.1) is 0 Å². The predicted octanol–water partition coefficient (Wildman–Crippen LogP) is 1.50. The molecule has 0 aliphatic heterocycles. The van der Waals surface area contributed by atoms with E-state index in [2.05, 4.69) is 5.32 Å². The molecule has 6 nitrogen and oxygen atoms in total. The van der Waals surface area contributed by atoms with Gasteiger partial charge in [0.2, 0.25) is 0 Å². The maximum atomic E-state index is 12.0. The van der Waals surface area contributed by atoms with Crippen LogP contribution in [0.2, 0.25) is 0 Å². The normalized spacial score (nSPS) is 11.9. The Kier molecular flexibility index (Phi) is 4.51. The Morgan fingerprint density at radius 3 is 2.72 bits per heavy atom. The lowest BCUT2D eigenvalue weighted by Crippen LogP contribution is -2.27. The minimum Gasteiger partial charge on any atom is -0.385 e. The van der Waals surface area contributed by atoms with Crippen molar-refractivity contribution in [3.63, 3.8) is 0 Å². The highest BCUT2D eigenvalue weighted by atomic mass is 19.3. The van der Waals surface area contributed by atoms with Gasteiger partial charge in [-0.25, -0.2) is 8.78 Å². The molecule has 0 bridgehead atoms. The largest absolute Gasteiger partial charge is 0.385 e. The van der Waals surface area contributed by atoms with Gasteiger partial charge in [0.05, 0.1) is 16.6 Å². The molecule has 0 aliphatic carbocycles. The van der Waals surface area contributed by atoms with Gasteiger partial charge in [-0.05, 0) is 12.1 Å². The van der Waals surface area contributed by atoms with Crippen LogP contribution in [0, 0.1) is 21.4 Å². The Morgan fingerprint density at radius 1 is 1.56 bits per heavy atom. The summed E-state index contributed by atoms with van der Waals surface area (Å²) in [7, 11) is 0. The lowest BCUT2D eigenvalue weighted by Gasteiger charge is -2.11. The van der Waals surface area contributed by atoms with E-state index in [4.69, 9.17) is 10.4 Å². The fourth-order valence-corrected chi connectivity index (χ4v) is 1.21. The van der Waals surface area contributed by atoms with E-state index < -0.39 is 29.7 Å². The van der Waals surface area contributed by atoms with Crippen molar-refractivity contribution in [1.82, 2.24) is 0 Å². The number of hydrogen-bond donors (Lipinski definition) is 2. The minimum absolute atomic E-state index is 0.0290. The summed E-state index contributed by atoms with van der Waals surface area (Å²) < 4.78 is 24.1. The Balaban J connectivity index is 2.89. The highest BCUT2D eigenvalue weighted by molar-refractivity contribution is 5.64. The second-order valence-electron chi connectivity index (χ2n) is 3.38. The van der Waals surface area contributed by atoms with Crippen LogP contribution in [0.15, 0.2) is 18.2 Å². The first kappa shape index (κ1) is 13.8. The van der Waals surface area contributed by atoms with Gasteiger partial charge in [0.1, 0.15) is 11.8 Å². The van der Waals surface area contributed by atoms with Gasteiger partial charge in [-0.2, -0.15) is 5.26 Å². The van der Waals surface area contributed by atoms with Crippen molar-refractivity contribution in [2.24, 2.45) is 0 Å². The first-order valence-corrected chi connectivity index (χ1v) is 4.84. The van der Waals surface area contributed by atoms with Crippen molar-refractivity contribution >= 4 is 11.4 Å². The molecule has 1 aromatic carbocycles. The molecule has 0 heterocycles. The van der Waals surface area contributed by atoms with Crippen molar-refractivity contribution in [2.45, 2.75) is 12.5 Å². The van der Waals surface area contributed by atoms with Gasteiger partial charge in [-0.3, -0.25) is 10.1 Å². The molecule has 0 saturated carbocycles. The van der Waals surface area contributed by atoms with Crippen molar-refractivity contribution in [3.8, 4) is 6.07 Å². The number of hydrogen-bond acceptors (Lipinski definition) is 5. The van der Waals surface area contributed by atoms with Crippen LogP contribution < -0.4 is 5.32 Å². The molecule has 0 aliphatic rings. The molecule has 0 amide bonds. The van der Waals surface area contributed by atoms with Crippen LogP contribution in [0.1, 0.15) is 5.56 Å². The van der Waals surface area contributed by atoms with Gasteiger partial charge in [0.15, 0.2) is 0 Å². The van der Waals surface area contributed by atoms with E-state index in [0.29, 0.717) is 0 Å². The summed E-state index contributed by atoms with van der Waals surface area (Å²) in [4.78, 5) is 9.98. The highest BCUT2D eigenvalue weighted by Crippen LogP contribution is 2.25. The molecule has 1 rings (SSSR count). The van der Waals surface area contributed by atoms with E-state index >= 15 is 0 Å². The second kappa shape index (κ2) is 5.88. The standard InChI is InChI=1S/C10H9F2N3O3/c11-10(12)9(16)5-14-7-2-1-6(4-13)3-8(7)15(17)18/h1-3,9-10,14,16H,5H2. The summed E-state index contributed by atoms with van der Waals surface area (Å²) in [5.74, 6) is 0. The SMILES string of the molecule is N#Cc1ccc(NCC(O)C(F)F)c([N+](=O)[O-])c1. The molecule has 0 radical (unpaired) electrons. The fraction of sp³-hybridized carbons (Fsp3) is 0.300. The van der Waals surface area contributed by atoms with Crippen LogP contribution in [0.4, 0.5) is 20.2 Å². The van der Waals surface area contributed by atoms with Gasteiger partial charge in [0, 0.05) is 12.6 Å². The molecule has 18 heavy (non-hydrogen) atoms. The van der Waals surface area contributed by atoms with E-state index in [-0.39, 0.29) is 11.3 Å². The zero-order valence-corrected chi connectivity index (χ0v) is 9.01. The predicted molar refractivity (Wildman–Crippen MR) is 58.3 cm³/mol. The number of alkyl halides is 2. The third-order valence-electron chi connectivity index (χ3n) is 2.12. The first-order valence-electron chi connectivity index (χ1n) is 4.84. The number of anilines is 1. The molecule has 0 saturated heterocycles. The summed E-state index contributed by atoms with van der Waals surface area (Å²) in [6.45, 7) is -0.523. The highest BCUT2D eigenvalue weighted by Gasteiger charge is 2.19. The maximum absolute atomic E-state index is 12.0. The van der Waals surface area contributed by atoms with Crippen LogP contribution in [0.5, 0.6) is 0 Å². The summed E-state index contributed by atoms with van der Waals surface area (Å²) in [6, 6.07) is 5.30. The van der Waals surface area contributed by atoms with Crippen molar-refractivity contribution in [3.05, 3.63) is 33.9 Å². The number of aliphatic hydroxyl groups excluding tert-OH is 1. The zero-order chi connectivity index (χ0) is 13.7. The number of nitro groups is 1. The average molecular weight is 257 g/mol. The van der Waals surface area contributed by atoms with Crippen molar-refractivity contribution in [1.29, 1.82) is 5.26 Å². The lowest BCUT2D eigenvalue weighted by atomic mass is 10.2. The molecule has 0 aromatic heterocycles. The number of benzene rings is 1. The third-order valence-corrected chi connectivity index (χ3v) is 2.12. The summed E-state index contributed by atoms with van der Waals surface area (Å²) in [6.07, 6.45) is -4.85. The van der Waals surface area contributed by atoms with Crippen LogP contribution in [-0.4, -0.2) is 29.1 Å². The summed E-state index contributed by atoms with van der Waals surface area (Å²) in [5, 5.41) is 30.5. The Labute approximate surface area is 101 Å². The number of halogens is 2. The molecule has 0 fully saturated rings. The molecule has 0 spiro atoms. The van der Waals surface area contributed by atoms with Crippen LogP contribution >= 0.6 is 0 Å². The van der Waals surface area contributed by atoms with Crippen molar-refractivity contribution in [2.75, 3.05) is 11.9 Å². The molecular weight excluding hydrogens is 248 g/mol. The summed E-state index contributed by atoms with van der Waals surface area (Å²) >= 11 is 0. The molecule has 96 valence electrons. The molecule has 1 aromatic rings. The third kappa shape index (κ3) is 3.36. The second-order valence-corrected chi connectivity index (χ2v) is 3.38. The maximum Gasteiger partial charge on any atom is 0.293 e. The number of nitro benzene ring substituents is 1. The summed E-state index contributed by atoms with van der Waals surface area (Å²) in [5.41, 5.74) is -0.351. The minimum atomic E-state index is -2.94. The van der Waals surface area contributed by atoms with E-state index in [1.165, 1.54) is 12.1 Å². The smallest absolute Gasteiger partial charge is 0.293 e. The van der Waals surface area contributed by atoms with Crippen molar-refractivity contribution < 1.29 is 18.8 Å². The van der Waals surface area contributed by atoms with Gasteiger partial charge in [0.25, 0.3) is 12.1 Å². The fourth-order valence-electron chi connectivity index (χ4n) is 1.21. The Morgan fingerprint density at radius 2 is 2.22 bits per heavy atom. The number of nitriles is 1. The van der Waals surface area contributed by atoms with E-state index in [0.717, 1.165) is 6.07 Å². The number of aliphatic hydroxyl groups is 1. The Hall–Kier alpha value is -2.27. The molecular formula is C10H9F2N3O3. The molecule has 1 unspecified atom stereocenters. The monoisotopic (exact) mass is 257 g/mol. The van der Waals surface area contributed by atoms with Gasteiger partial charge >= 0.3 is 0 Å². The van der Waals surface area contributed by atoms with Crippen LogP contribution in [0.25, 0.3) is 0 Å². The van der Waals surface area contributed by atoms with E-state index in [1.807, 2.05) is 0 Å². The van der Waals surface area contributed by atoms with Crippen LogP contribution in [-0.2, 0) is 0 Å².